The fourth-order valence-electron chi connectivity index (χ4n) is 4.18. The van der Waals surface area contributed by atoms with Gasteiger partial charge < -0.3 is 4.57 Å². The van der Waals surface area contributed by atoms with Crippen LogP contribution in [0.15, 0.2) is 36.5 Å². The average Bonchev–Trinajstić information content (AvgIpc) is 3.57. The van der Waals surface area contributed by atoms with Crippen LogP contribution in [0.3, 0.4) is 0 Å². The van der Waals surface area contributed by atoms with Crippen molar-refractivity contribution >= 4 is 0 Å². The van der Waals surface area contributed by atoms with Crippen LogP contribution in [0.1, 0.15) is 82.1 Å². The van der Waals surface area contributed by atoms with E-state index in [0.717, 1.165) is 35.3 Å². The van der Waals surface area contributed by atoms with E-state index in [9.17, 15) is 8.78 Å². The first kappa shape index (κ1) is 24.7. The number of H-pyrrole nitrogens is 1. The zero-order valence-electron chi connectivity index (χ0n) is 20.7. The summed E-state index contributed by atoms with van der Waals surface area (Å²) in [4.78, 5) is 4.23. The monoisotopic (exact) mass is 482 g/mol. The van der Waals surface area contributed by atoms with Crippen molar-refractivity contribution < 1.29 is 8.78 Å². The highest BCUT2D eigenvalue weighted by Crippen LogP contribution is 2.32. The van der Waals surface area contributed by atoms with Crippen molar-refractivity contribution in [3.8, 4) is 17.2 Å². The summed E-state index contributed by atoms with van der Waals surface area (Å²) < 4.78 is 32.7. The fraction of sp³-hybridized carbons (Fsp3) is 0.480. The van der Waals surface area contributed by atoms with Crippen LogP contribution in [-0.2, 0) is 18.9 Å². The Kier molecular flexibility index (Phi) is 7.37. The Hall–Kier alpha value is -3.43. The van der Waals surface area contributed by atoms with Gasteiger partial charge >= 0.3 is 5.92 Å². The van der Waals surface area contributed by atoms with Crippen molar-refractivity contribution in [2.24, 2.45) is 0 Å². The number of tetrazole rings is 1. The molecule has 8 nitrogen and oxygen atoms in total. The molecule has 0 aliphatic rings. The molecule has 1 N–H and O–H groups in total. The van der Waals surface area contributed by atoms with E-state index in [1.54, 1.807) is 11.6 Å². The molecule has 4 rings (SSSR count). The molecule has 0 aliphatic carbocycles. The number of aromatic amines is 1. The Morgan fingerprint density at radius 1 is 1.06 bits per heavy atom. The van der Waals surface area contributed by atoms with Crippen LogP contribution >= 0.6 is 0 Å². The smallest absolute Gasteiger partial charge is 0.308 e. The predicted molar refractivity (Wildman–Crippen MR) is 130 cm³/mol. The van der Waals surface area contributed by atoms with Crippen molar-refractivity contribution in [1.29, 1.82) is 0 Å². The van der Waals surface area contributed by atoms with Gasteiger partial charge in [-0.15, -0.1) is 10.2 Å². The second kappa shape index (κ2) is 10.5. The Morgan fingerprint density at radius 3 is 2.46 bits per heavy atom. The summed E-state index contributed by atoms with van der Waals surface area (Å²) in [7, 11) is 0. The molecule has 10 heteroatoms. The van der Waals surface area contributed by atoms with Gasteiger partial charge in [0.25, 0.3) is 0 Å². The van der Waals surface area contributed by atoms with Gasteiger partial charge in [0.2, 0.25) is 5.82 Å². The average molecular weight is 483 g/mol. The summed E-state index contributed by atoms with van der Waals surface area (Å²) >= 11 is 0. The number of hydrogen-bond acceptors (Lipinski definition) is 5. The standard InChI is InChI=1S/C25H32F2N8/c1-5-7-8-21-28-24(25(26,27)14-6-2)31-35(21)16-18-9-11-19(12-10-18)34-15-13-20(17(3)4)22(34)23-29-32-33-30-23/h9-13,15,17H,5-8,14,16H2,1-4H3,(H,29,30,32,33). The maximum Gasteiger partial charge on any atom is 0.308 e. The Labute approximate surface area is 203 Å². The largest absolute Gasteiger partial charge is 0.314 e. The molecular formula is C25H32F2N8. The molecule has 0 aliphatic heterocycles. The summed E-state index contributed by atoms with van der Waals surface area (Å²) in [6.45, 7) is 8.45. The molecule has 0 saturated carbocycles. The molecule has 4 aromatic rings. The Bertz CT molecular complexity index is 1220. The fourth-order valence-corrected chi connectivity index (χ4v) is 4.18. The predicted octanol–water partition coefficient (Wildman–Crippen LogP) is 5.66. The van der Waals surface area contributed by atoms with Crippen molar-refractivity contribution in [3.63, 3.8) is 0 Å². The number of benzene rings is 1. The van der Waals surface area contributed by atoms with E-state index in [4.69, 9.17) is 0 Å². The topological polar surface area (TPSA) is 90.1 Å². The normalized spacial score (nSPS) is 12.1. The van der Waals surface area contributed by atoms with Gasteiger partial charge in [-0.25, -0.2) is 14.8 Å². The number of hydrogen-bond donors (Lipinski definition) is 1. The molecule has 0 unspecified atom stereocenters. The summed E-state index contributed by atoms with van der Waals surface area (Å²) in [6, 6.07) is 10.1. The first-order valence-corrected chi connectivity index (χ1v) is 12.2. The zero-order valence-corrected chi connectivity index (χ0v) is 20.7. The summed E-state index contributed by atoms with van der Waals surface area (Å²) in [6.07, 6.45) is 4.58. The lowest BCUT2D eigenvalue weighted by Gasteiger charge is -2.12. The van der Waals surface area contributed by atoms with Crippen LogP contribution in [0.2, 0.25) is 0 Å². The maximum atomic E-state index is 14.5. The van der Waals surface area contributed by atoms with Crippen LogP contribution in [0.4, 0.5) is 8.78 Å². The third-order valence-corrected chi connectivity index (χ3v) is 6.05. The molecule has 0 spiro atoms. The quantitative estimate of drug-likeness (QED) is 0.298. The van der Waals surface area contributed by atoms with Gasteiger partial charge in [-0.2, -0.15) is 8.78 Å². The minimum atomic E-state index is -3.01. The van der Waals surface area contributed by atoms with E-state index in [2.05, 4.69) is 57.5 Å². The number of nitrogens with zero attached hydrogens (tertiary/aromatic N) is 7. The molecule has 186 valence electrons. The van der Waals surface area contributed by atoms with Gasteiger partial charge in [-0.1, -0.05) is 46.2 Å². The van der Waals surface area contributed by atoms with E-state index in [1.807, 2.05) is 35.0 Å². The number of aryl methyl sites for hydroxylation is 1. The molecule has 0 radical (unpaired) electrons. The zero-order chi connectivity index (χ0) is 25.0. The third kappa shape index (κ3) is 5.31. The van der Waals surface area contributed by atoms with Gasteiger partial charge in [0.1, 0.15) is 5.82 Å². The molecule has 0 amide bonds. The SMILES string of the molecule is CCCCc1nc(C(F)(F)CCC)nn1Cc1ccc(-n2ccc(C(C)C)c2-c2nnn[nH]2)cc1. The van der Waals surface area contributed by atoms with Gasteiger partial charge in [0, 0.05) is 24.7 Å². The van der Waals surface area contributed by atoms with Crippen LogP contribution in [0, 0.1) is 0 Å². The number of alkyl halides is 2. The van der Waals surface area contributed by atoms with Crippen LogP contribution in [0.5, 0.6) is 0 Å². The Balaban J connectivity index is 1.62. The van der Waals surface area contributed by atoms with E-state index < -0.39 is 5.92 Å². The highest BCUT2D eigenvalue weighted by atomic mass is 19.3. The lowest BCUT2D eigenvalue weighted by atomic mass is 10.0. The first-order chi connectivity index (χ1) is 16.8. The molecule has 0 fully saturated rings. The lowest BCUT2D eigenvalue weighted by Crippen LogP contribution is -2.15. The highest BCUT2D eigenvalue weighted by molar-refractivity contribution is 5.61. The van der Waals surface area contributed by atoms with Gasteiger partial charge in [-0.3, -0.25) is 0 Å². The molecule has 0 bridgehead atoms. The minimum absolute atomic E-state index is 0.253. The third-order valence-electron chi connectivity index (χ3n) is 6.05. The summed E-state index contributed by atoms with van der Waals surface area (Å²) in [5.41, 5.74) is 3.96. The van der Waals surface area contributed by atoms with Gasteiger partial charge in [-0.05, 0) is 58.5 Å². The van der Waals surface area contributed by atoms with Crippen LogP contribution in [-0.4, -0.2) is 40.0 Å². The number of aromatic nitrogens is 8. The second-order valence-corrected chi connectivity index (χ2v) is 9.13. The first-order valence-electron chi connectivity index (χ1n) is 12.2. The minimum Gasteiger partial charge on any atom is -0.314 e. The summed E-state index contributed by atoms with van der Waals surface area (Å²) in [5.74, 6) is -1.88. The van der Waals surface area contributed by atoms with Crippen molar-refractivity contribution in [3.05, 3.63) is 59.3 Å². The number of rotatable bonds is 11. The van der Waals surface area contributed by atoms with E-state index >= 15 is 0 Å². The molecule has 0 atom stereocenters. The highest BCUT2D eigenvalue weighted by Gasteiger charge is 2.36. The molecule has 35 heavy (non-hydrogen) atoms. The number of unbranched alkanes of at least 4 members (excludes halogenated alkanes) is 1. The molecule has 0 saturated heterocycles. The van der Waals surface area contributed by atoms with E-state index in [1.165, 1.54) is 0 Å². The molecular weight excluding hydrogens is 450 g/mol. The van der Waals surface area contributed by atoms with Gasteiger partial charge in [0.15, 0.2) is 5.82 Å². The summed E-state index contributed by atoms with van der Waals surface area (Å²) in [5, 5.41) is 18.7. The molecule has 3 heterocycles. The molecule has 3 aromatic heterocycles. The van der Waals surface area contributed by atoms with Crippen molar-refractivity contribution in [2.75, 3.05) is 0 Å². The number of halogens is 2. The van der Waals surface area contributed by atoms with E-state index in [0.29, 0.717) is 37.0 Å². The van der Waals surface area contributed by atoms with E-state index in [-0.39, 0.29) is 12.2 Å². The van der Waals surface area contributed by atoms with Crippen molar-refractivity contribution in [1.82, 2.24) is 40.0 Å². The van der Waals surface area contributed by atoms with Gasteiger partial charge in [0.05, 0.1) is 12.2 Å². The molecule has 1 aromatic carbocycles. The lowest BCUT2D eigenvalue weighted by molar-refractivity contribution is -0.0232. The Morgan fingerprint density at radius 2 is 1.83 bits per heavy atom. The van der Waals surface area contributed by atoms with Crippen LogP contribution < -0.4 is 0 Å². The van der Waals surface area contributed by atoms with Crippen molar-refractivity contribution in [2.45, 2.75) is 78.2 Å². The second-order valence-electron chi connectivity index (χ2n) is 9.13. The van der Waals surface area contributed by atoms with Crippen LogP contribution in [0.25, 0.3) is 17.2 Å². The maximum absolute atomic E-state index is 14.5. The number of nitrogens with one attached hydrogen (secondary N) is 1.